The summed E-state index contributed by atoms with van der Waals surface area (Å²) in [5.41, 5.74) is 2.21. The van der Waals surface area contributed by atoms with Gasteiger partial charge < -0.3 is 24.5 Å². The number of hydrogen-bond acceptors (Lipinski definition) is 6. The number of nitrogens with one attached hydrogen (secondary N) is 2. The summed E-state index contributed by atoms with van der Waals surface area (Å²) in [4.78, 5) is 36.6. The van der Waals surface area contributed by atoms with E-state index in [2.05, 4.69) is 10.6 Å². The first kappa shape index (κ1) is 27.8. The van der Waals surface area contributed by atoms with Crippen molar-refractivity contribution in [2.75, 3.05) is 19.7 Å². The first-order valence-electron chi connectivity index (χ1n) is 12.6. The number of fused-ring (bicyclic) bond motifs is 1. The summed E-state index contributed by atoms with van der Waals surface area (Å²) in [7, 11) is 0. The van der Waals surface area contributed by atoms with Crippen molar-refractivity contribution in [2.24, 2.45) is 0 Å². The highest BCUT2D eigenvalue weighted by Crippen LogP contribution is 2.23. The molecular weight excluding hydrogens is 472 g/mol. The van der Waals surface area contributed by atoms with Crippen LogP contribution in [0.3, 0.4) is 0 Å². The lowest BCUT2D eigenvalue weighted by Gasteiger charge is -2.19. The van der Waals surface area contributed by atoms with E-state index in [4.69, 9.17) is 13.9 Å². The summed E-state index contributed by atoms with van der Waals surface area (Å²) in [5.74, 6) is 0.231. The molecule has 198 valence electrons. The first-order chi connectivity index (χ1) is 17.6. The van der Waals surface area contributed by atoms with Crippen LogP contribution in [-0.4, -0.2) is 37.3 Å². The minimum atomic E-state index is -0.498. The van der Waals surface area contributed by atoms with E-state index in [1.54, 1.807) is 18.2 Å². The molecule has 2 N–H and O–H groups in total. The number of amides is 2. The van der Waals surface area contributed by atoms with Crippen molar-refractivity contribution in [3.05, 3.63) is 64.5 Å². The minimum Gasteiger partial charge on any atom is -0.484 e. The summed E-state index contributed by atoms with van der Waals surface area (Å²) >= 11 is 0. The first-order valence-corrected chi connectivity index (χ1v) is 12.6. The molecule has 0 unspecified atom stereocenters. The predicted octanol–water partition coefficient (Wildman–Crippen LogP) is 5.35. The fourth-order valence-corrected chi connectivity index (χ4v) is 3.67. The second-order valence-corrected chi connectivity index (χ2v) is 9.98. The Morgan fingerprint density at radius 2 is 1.59 bits per heavy atom. The SMILES string of the molecule is Cc1ccc(-c2coc3cc(OCC(=O)NCCCCCCNC(=O)OC(C)(C)C)ccc3c2=O)cc1. The molecule has 0 spiro atoms. The fraction of sp³-hybridized carbons (Fsp3) is 0.414. The normalized spacial score (nSPS) is 11.2. The van der Waals surface area contributed by atoms with Gasteiger partial charge in [-0.25, -0.2) is 4.79 Å². The largest absolute Gasteiger partial charge is 0.484 e. The molecule has 0 fully saturated rings. The lowest BCUT2D eigenvalue weighted by atomic mass is 10.0. The van der Waals surface area contributed by atoms with Crippen LogP contribution in [0.4, 0.5) is 4.79 Å². The highest BCUT2D eigenvalue weighted by atomic mass is 16.6. The zero-order chi connectivity index (χ0) is 26.8. The highest BCUT2D eigenvalue weighted by Gasteiger charge is 2.15. The molecule has 8 nitrogen and oxygen atoms in total. The number of ether oxygens (including phenoxy) is 2. The Hall–Kier alpha value is -3.81. The van der Waals surface area contributed by atoms with Crippen LogP contribution in [0.1, 0.15) is 52.0 Å². The Labute approximate surface area is 217 Å². The lowest BCUT2D eigenvalue weighted by molar-refractivity contribution is -0.123. The Balaban J connectivity index is 1.36. The molecule has 0 aliphatic carbocycles. The van der Waals surface area contributed by atoms with Gasteiger partial charge in [-0.2, -0.15) is 0 Å². The van der Waals surface area contributed by atoms with Crippen LogP contribution in [0.2, 0.25) is 0 Å². The summed E-state index contributed by atoms with van der Waals surface area (Å²) in [6.07, 6.45) is 4.62. The van der Waals surface area contributed by atoms with Crippen molar-refractivity contribution >= 4 is 23.0 Å². The van der Waals surface area contributed by atoms with Gasteiger partial charge in [0.2, 0.25) is 0 Å². The molecule has 0 aliphatic heterocycles. The fourth-order valence-electron chi connectivity index (χ4n) is 3.67. The van der Waals surface area contributed by atoms with Crippen LogP contribution in [0.15, 0.2) is 57.9 Å². The van der Waals surface area contributed by atoms with Crippen LogP contribution >= 0.6 is 0 Å². The van der Waals surface area contributed by atoms with Crippen molar-refractivity contribution in [1.82, 2.24) is 10.6 Å². The Morgan fingerprint density at radius 3 is 2.27 bits per heavy atom. The molecule has 0 aliphatic rings. The zero-order valence-electron chi connectivity index (χ0n) is 22.0. The molecule has 2 amide bonds. The maximum Gasteiger partial charge on any atom is 0.407 e. The van der Waals surface area contributed by atoms with Gasteiger partial charge in [-0.15, -0.1) is 0 Å². The van der Waals surface area contributed by atoms with Crippen LogP contribution in [0.5, 0.6) is 5.75 Å². The number of rotatable bonds is 11. The van der Waals surface area contributed by atoms with Gasteiger partial charge in [0.1, 0.15) is 23.2 Å². The van der Waals surface area contributed by atoms with Crippen LogP contribution < -0.4 is 20.8 Å². The van der Waals surface area contributed by atoms with E-state index < -0.39 is 11.7 Å². The Bertz CT molecular complexity index is 1260. The van der Waals surface area contributed by atoms with E-state index >= 15 is 0 Å². The molecule has 1 heterocycles. The molecule has 0 radical (unpaired) electrons. The Kier molecular flexibility index (Phi) is 9.71. The number of unbranched alkanes of at least 4 members (excludes halogenated alkanes) is 3. The van der Waals surface area contributed by atoms with Gasteiger partial charge in [0, 0.05) is 19.2 Å². The van der Waals surface area contributed by atoms with Gasteiger partial charge >= 0.3 is 6.09 Å². The van der Waals surface area contributed by atoms with Gasteiger partial charge in [-0.1, -0.05) is 42.7 Å². The zero-order valence-corrected chi connectivity index (χ0v) is 22.0. The van der Waals surface area contributed by atoms with E-state index in [9.17, 15) is 14.4 Å². The van der Waals surface area contributed by atoms with E-state index in [0.29, 0.717) is 35.4 Å². The molecule has 0 atom stereocenters. The summed E-state index contributed by atoms with van der Waals surface area (Å²) in [5, 5.41) is 6.03. The van der Waals surface area contributed by atoms with Crippen molar-refractivity contribution in [3.8, 4) is 16.9 Å². The number of carbonyl (C=O) groups is 2. The number of alkyl carbamates (subject to hydrolysis) is 1. The topological polar surface area (TPSA) is 107 Å². The number of aryl methyl sites for hydroxylation is 1. The molecule has 0 bridgehead atoms. The van der Waals surface area contributed by atoms with Crippen molar-refractivity contribution in [3.63, 3.8) is 0 Å². The average Bonchev–Trinajstić information content (AvgIpc) is 2.84. The summed E-state index contributed by atoms with van der Waals surface area (Å²) in [6, 6.07) is 12.6. The quantitative estimate of drug-likeness (QED) is 0.338. The van der Waals surface area contributed by atoms with Crippen molar-refractivity contribution in [2.45, 2.75) is 59.0 Å². The predicted molar refractivity (Wildman–Crippen MR) is 144 cm³/mol. The van der Waals surface area contributed by atoms with Crippen LogP contribution in [0, 0.1) is 6.92 Å². The van der Waals surface area contributed by atoms with Crippen molar-refractivity contribution in [1.29, 1.82) is 0 Å². The molecule has 3 rings (SSSR count). The molecule has 0 saturated heterocycles. The molecule has 1 aromatic heterocycles. The number of hydrogen-bond donors (Lipinski definition) is 2. The molecule has 0 saturated carbocycles. The van der Waals surface area contributed by atoms with E-state index in [1.165, 1.54) is 6.26 Å². The maximum atomic E-state index is 12.9. The third kappa shape index (κ3) is 8.97. The number of benzene rings is 2. The van der Waals surface area contributed by atoms with E-state index in [1.807, 2.05) is 52.0 Å². The van der Waals surface area contributed by atoms with E-state index in [-0.39, 0.29) is 17.9 Å². The van der Waals surface area contributed by atoms with Crippen LogP contribution in [-0.2, 0) is 9.53 Å². The van der Waals surface area contributed by atoms with Crippen LogP contribution in [0.25, 0.3) is 22.1 Å². The van der Waals surface area contributed by atoms with Gasteiger partial charge in [0.15, 0.2) is 12.0 Å². The van der Waals surface area contributed by atoms with Crippen molar-refractivity contribution < 1.29 is 23.5 Å². The third-order valence-corrected chi connectivity index (χ3v) is 5.57. The van der Waals surface area contributed by atoms with Gasteiger partial charge in [-0.05, 0) is 58.2 Å². The van der Waals surface area contributed by atoms with Gasteiger partial charge in [0.25, 0.3) is 5.91 Å². The van der Waals surface area contributed by atoms with E-state index in [0.717, 1.165) is 36.8 Å². The molecule has 37 heavy (non-hydrogen) atoms. The maximum absolute atomic E-state index is 12.9. The van der Waals surface area contributed by atoms with Gasteiger partial charge in [0.05, 0.1) is 10.9 Å². The second-order valence-electron chi connectivity index (χ2n) is 9.98. The Morgan fingerprint density at radius 1 is 0.919 bits per heavy atom. The summed E-state index contributed by atoms with van der Waals surface area (Å²) in [6.45, 7) is 8.46. The van der Waals surface area contributed by atoms with Gasteiger partial charge in [-0.3, -0.25) is 9.59 Å². The molecule has 3 aromatic rings. The molecule has 8 heteroatoms. The number of carbonyl (C=O) groups excluding carboxylic acids is 2. The molecule has 2 aromatic carbocycles. The monoisotopic (exact) mass is 508 g/mol. The highest BCUT2D eigenvalue weighted by molar-refractivity contribution is 5.83. The standard InChI is InChI=1S/C29H36N2O6/c1-20-9-11-21(12-10-20)24-18-36-25-17-22(13-14-23(25)27(24)33)35-19-26(32)30-15-7-5-6-8-16-31-28(34)37-29(2,3)4/h9-14,17-18H,5-8,15-16,19H2,1-4H3,(H,30,32)(H,31,34). The minimum absolute atomic E-state index is 0.116. The smallest absolute Gasteiger partial charge is 0.407 e. The lowest BCUT2D eigenvalue weighted by Crippen LogP contribution is -2.33. The summed E-state index contributed by atoms with van der Waals surface area (Å²) < 4.78 is 16.5. The molecular formula is C29H36N2O6. The average molecular weight is 509 g/mol. The second kappa shape index (κ2) is 12.9. The third-order valence-electron chi connectivity index (χ3n) is 5.57.